The second-order valence-electron chi connectivity index (χ2n) is 10.8. The van der Waals surface area contributed by atoms with E-state index in [2.05, 4.69) is 51.2 Å². The van der Waals surface area contributed by atoms with Crippen LogP contribution >= 0.6 is 46.4 Å². The van der Waals surface area contributed by atoms with Gasteiger partial charge in [0.25, 0.3) is 20.2 Å². The largest absolute Gasteiger partial charge is 0.324 e. The van der Waals surface area contributed by atoms with E-state index in [1.807, 2.05) is 0 Å². The summed E-state index contributed by atoms with van der Waals surface area (Å²) in [6.45, 7) is 0. The molecule has 0 fully saturated rings. The molecule has 0 atom stereocenters. The molecule has 0 spiro atoms. The van der Waals surface area contributed by atoms with Crippen molar-refractivity contribution in [2.24, 2.45) is 0 Å². The minimum atomic E-state index is -4.84. The molecule has 0 bridgehead atoms. The Kier molecular flexibility index (Phi) is 11.5. The van der Waals surface area contributed by atoms with Crippen molar-refractivity contribution >= 4 is 125 Å². The average molecular weight is 849 g/mol. The van der Waals surface area contributed by atoms with Crippen molar-refractivity contribution in [1.82, 2.24) is 29.9 Å². The number of para-hydroxylation sites is 2. The third-order valence-electron chi connectivity index (χ3n) is 6.99. The summed E-state index contributed by atoms with van der Waals surface area (Å²) >= 11 is 24.6. The Labute approximate surface area is 327 Å². The van der Waals surface area contributed by atoms with Crippen LogP contribution in [0.2, 0.25) is 20.6 Å². The zero-order chi connectivity index (χ0) is 38.6. The molecule has 16 nitrogen and oxygen atoms in total. The fraction of sp³-hybridized carbons (Fsp3) is 0. The lowest BCUT2D eigenvalue weighted by atomic mass is 10.1. The van der Waals surface area contributed by atoms with E-state index in [-0.39, 0.29) is 56.9 Å². The lowest BCUT2D eigenvalue weighted by Gasteiger charge is -2.12. The van der Waals surface area contributed by atoms with Crippen molar-refractivity contribution in [3.05, 3.63) is 117 Å². The second kappa shape index (κ2) is 16.0. The van der Waals surface area contributed by atoms with Gasteiger partial charge in [0.2, 0.25) is 34.4 Å². The Bertz CT molecular complexity index is 2480. The van der Waals surface area contributed by atoms with Gasteiger partial charge in [-0.05, 0) is 82.9 Å². The van der Waals surface area contributed by atoms with Crippen molar-refractivity contribution in [3.63, 3.8) is 0 Å². The predicted molar refractivity (Wildman–Crippen MR) is 207 cm³/mol. The van der Waals surface area contributed by atoms with Gasteiger partial charge in [0, 0.05) is 11.4 Å². The summed E-state index contributed by atoms with van der Waals surface area (Å²) in [5.74, 6) is -0.0899. The molecule has 0 radical (unpaired) electrons. The number of hydrogen-bond acceptors (Lipinski definition) is 14. The first-order valence-corrected chi connectivity index (χ1v) is 19.3. The second-order valence-corrected chi connectivity index (χ2v) is 15.0. The molecule has 6 N–H and O–H groups in total. The van der Waals surface area contributed by atoms with Crippen molar-refractivity contribution in [2.45, 2.75) is 9.79 Å². The topological polar surface area (TPSA) is 234 Å². The number of nitrogens with zero attached hydrogens (tertiary/aromatic N) is 6. The molecule has 0 saturated carbocycles. The smallest absolute Gasteiger partial charge is 0.295 e. The fourth-order valence-electron chi connectivity index (χ4n) is 4.67. The summed E-state index contributed by atoms with van der Waals surface area (Å²) in [6.07, 6.45) is 2.46. The van der Waals surface area contributed by atoms with Gasteiger partial charge < -0.3 is 21.3 Å². The van der Waals surface area contributed by atoms with Crippen LogP contribution in [0.25, 0.3) is 12.2 Å². The SMILES string of the molecule is O=S(=O)(O)c1cc(Nc2nc(Cl)nc(Nc3ccccc3Cl)n2)ccc1C=Cc1ccc(Nc2nc(Cl)nc(Nc3ccccc3Cl)n2)cc1S(=O)(=O)O. The van der Waals surface area contributed by atoms with Crippen LogP contribution in [0.4, 0.5) is 46.5 Å². The maximum Gasteiger partial charge on any atom is 0.295 e. The maximum absolute atomic E-state index is 12.5. The number of hydrogen-bond donors (Lipinski definition) is 6. The first-order valence-electron chi connectivity index (χ1n) is 14.9. The molecule has 54 heavy (non-hydrogen) atoms. The predicted octanol–water partition coefficient (Wildman–Crippen LogP) is 8.31. The highest BCUT2D eigenvalue weighted by molar-refractivity contribution is 7.86. The maximum atomic E-state index is 12.5. The first kappa shape index (κ1) is 38.5. The quantitative estimate of drug-likeness (QED) is 0.0502. The molecule has 6 rings (SSSR count). The van der Waals surface area contributed by atoms with E-state index in [0.717, 1.165) is 12.1 Å². The van der Waals surface area contributed by atoms with Crippen molar-refractivity contribution in [2.75, 3.05) is 21.3 Å². The lowest BCUT2D eigenvalue weighted by Crippen LogP contribution is -2.06. The molecule has 6 aromatic rings. The van der Waals surface area contributed by atoms with Crippen LogP contribution < -0.4 is 21.3 Å². The molecular weight excluding hydrogens is 826 g/mol. The molecule has 0 aliphatic carbocycles. The van der Waals surface area contributed by atoms with Crippen LogP contribution in [0.5, 0.6) is 0 Å². The Morgan fingerprint density at radius 3 is 1.19 bits per heavy atom. The summed E-state index contributed by atoms with van der Waals surface area (Å²) in [6, 6.07) is 21.4. The van der Waals surface area contributed by atoms with E-state index in [9.17, 15) is 25.9 Å². The first-order chi connectivity index (χ1) is 25.6. The lowest BCUT2D eigenvalue weighted by molar-refractivity contribution is 0.480. The number of aromatic nitrogens is 6. The number of benzene rings is 4. The summed E-state index contributed by atoms with van der Waals surface area (Å²) in [4.78, 5) is 23.4. The van der Waals surface area contributed by atoms with Crippen LogP contribution in [-0.4, -0.2) is 55.8 Å². The van der Waals surface area contributed by atoms with E-state index in [1.165, 1.54) is 36.4 Å². The van der Waals surface area contributed by atoms with Crippen LogP contribution in [0.15, 0.2) is 94.7 Å². The van der Waals surface area contributed by atoms with E-state index in [4.69, 9.17) is 46.4 Å². The summed E-state index contributed by atoms with van der Waals surface area (Å²) in [7, 11) is -9.68. The van der Waals surface area contributed by atoms with Gasteiger partial charge in [-0.15, -0.1) is 0 Å². The van der Waals surface area contributed by atoms with Crippen LogP contribution in [0.1, 0.15) is 11.1 Å². The normalized spacial score (nSPS) is 11.7. The third-order valence-corrected chi connectivity index (χ3v) is 9.81. The fourth-order valence-corrected chi connectivity index (χ4v) is 6.78. The van der Waals surface area contributed by atoms with Crippen molar-refractivity contribution in [3.8, 4) is 0 Å². The Hall–Kier alpha value is -5.18. The zero-order valence-electron chi connectivity index (χ0n) is 26.8. The third kappa shape index (κ3) is 9.87. The van der Waals surface area contributed by atoms with Gasteiger partial charge >= 0.3 is 0 Å². The average Bonchev–Trinajstić information content (AvgIpc) is 3.09. The van der Waals surface area contributed by atoms with Crippen molar-refractivity contribution < 1.29 is 25.9 Å². The number of anilines is 8. The minimum Gasteiger partial charge on any atom is -0.324 e. The van der Waals surface area contributed by atoms with Gasteiger partial charge in [0.15, 0.2) is 0 Å². The molecule has 0 saturated heterocycles. The number of rotatable bonds is 12. The molecule has 276 valence electrons. The molecule has 2 aromatic heterocycles. The van der Waals surface area contributed by atoms with Crippen LogP contribution in [0.3, 0.4) is 0 Å². The van der Waals surface area contributed by atoms with Gasteiger partial charge in [0.1, 0.15) is 9.79 Å². The van der Waals surface area contributed by atoms with E-state index in [0.29, 0.717) is 21.4 Å². The van der Waals surface area contributed by atoms with Crippen molar-refractivity contribution in [1.29, 1.82) is 0 Å². The van der Waals surface area contributed by atoms with E-state index < -0.39 is 30.0 Å². The standard InChI is InChI=1S/C32H22Cl4N10O6S2/c33-21-5-1-3-7-23(21)39-31-43-27(35)41-29(45-31)37-19-13-11-17(25(15-19)53(47,48)49)9-10-18-12-14-20(16-26(18)54(50,51)52)38-30-42-28(36)44-32(46-30)40-24-8-4-2-6-22(24)34/h1-16H,(H,47,48,49)(H,50,51,52)(H2,37,39,41,43,45)(H2,38,40,42,44,46). The summed E-state index contributed by atoms with van der Waals surface area (Å²) in [5.41, 5.74) is 1.15. The zero-order valence-corrected chi connectivity index (χ0v) is 31.4. The van der Waals surface area contributed by atoms with Gasteiger partial charge in [-0.3, -0.25) is 9.11 Å². The molecule has 2 heterocycles. The van der Waals surface area contributed by atoms with E-state index in [1.54, 1.807) is 48.5 Å². The molecule has 0 aliphatic rings. The highest BCUT2D eigenvalue weighted by atomic mass is 35.5. The molecule has 0 aliphatic heterocycles. The number of nitrogens with one attached hydrogen (secondary N) is 4. The minimum absolute atomic E-state index is 0.0308. The summed E-state index contributed by atoms with van der Waals surface area (Å²) in [5, 5.41) is 11.8. The highest BCUT2D eigenvalue weighted by Crippen LogP contribution is 2.30. The van der Waals surface area contributed by atoms with Crippen LogP contribution in [-0.2, 0) is 20.2 Å². The highest BCUT2D eigenvalue weighted by Gasteiger charge is 2.19. The van der Waals surface area contributed by atoms with E-state index >= 15 is 0 Å². The Morgan fingerprint density at radius 1 is 0.481 bits per heavy atom. The summed E-state index contributed by atoms with van der Waals surface area (Å²) < 4.78 is 70.0. The van der Waals surface area contributed by atoms with Gasteiger partial charge in [-0.1, -0.05) is 71.8 Å². The molecule has 0 amide bonds. The van der Waals surface area contributed by atoms with Gasteiger partial charge in [-0.25, -0.2) is 0 Å². The van der Waals surface area contributed by atoms with Gasteiger partial charge in [-0.2, -0.15) is 46.7 Å². The molecular formula is C32H22Cl4N10O6S2. The number of halogens is 4. The Balaban J connectivity index is 1.25. The van der Waals surface area contributed by atoms with Gasteiger partial charge in [0.05, 0.1) is 21.4 Å². The van der Waals surface area contributed by atoms with Crippen LogP contribution in [0, 0.1) is 0 Å². The molecule has 4 aromatic carbocycles. The Morgan fingerprint density at radius 2 is 0.833 bits per heavy atom. The molecule has 0 unspecified atom stereocenters. The molecule has 22 heteroatoms. The monoisotopic (exact) mass is 846 g/mol.